The lowest BCUT2D eigenvalue weighted by molar-refractivity contribution is -0.207. The standard InChI is InChI=1S/C25H42O5/c1-14(5-8-22(29)30-4)17-6-7-18-23-19(13-21(28)25(17,18)3)24(2)10-9-16(26)11-15(24)12-20(23)27/h14-21,23,26-28H,5-13H2,1-4H3/t14-,15-,16+,17-,18+,19-,20+,21-,23+,24+,25+/m0/s1. The third kappa shape index (κ3) is 3.34. The van der Waals surface area contributed by atoms with Gasteiger partial charge in [-0.15, -0.1) is 0 Å². The zero-order chi connectivity index (χ0) is 21.8. The Bertz CT molecular complexity index is 651. The summed E-state index contributed by atoms with van der Waals surface area (Å²) in [6.45, 7) is 6.85. The van der Waals surface area contributed by atoms with Crippen LogP contribution < -0.4 is 0 Å². The summed E-state index contributed by atoms with van der Waals surface area (Å²) in [6.07, 6.45) is 6.60. The molecule has 0 aromatic rings. The van der Waals surface area contributed by atoms with E-state index >= 15 is 0 Å². The molecule has 11 atom stereocenters. The van der Waals surface area contributed by atoms with Crippen LogP contribution in [-0.4, -0.2) is 46.7 Å². The summed E-state index contributed by atoms with van der Waals surface area (Å²) in [7, 11) is 1.44. The van der Waals surface area contributed by atoms with Gasteiger partial charge in [0.1, 0.15) is 0 Å². The van der Waals surface area contributed by atoms with Gasteiger partial charge in [-0.25, -0.2) is 0 Å². The number of carbonyl (C=O) groups excluding carboxylic acids is 1. The Hall–Kier alpha value is -0.650. The Morgan fingerprint density at radius 3 is 2.50 bits per heavy atom. The number of aliphatic hydroxyl groups is 3. The second-order valence-electron chi connectivity index (χ2n) is 11.6. The van der Waals surface area contributed by atoms with Crippen molar-refractivity contribution >= 4 is 5.97 Å². The van der Waals surface area contributed by atoms with Crippen molar-refractivity contribution in [3.63, 3.8) is 0 Å². The minimum atomic E-state index is -0.369. The predicted molar refractivity (Wildman–Crippen MR) is 114 cm³/mol. The van der Waals surface area contributed by atoms with Gasteiger partial charge in [0.05, 0.1) is 25.4 Å². The normalized spacial score (nSPS) is 51.4. The molecule has 4 saturated carbocycles. The Kier molecular flexibility index (Phi) is 6.04. The summed E-state index contributed by atoms with van der Waals surface area (Å²) >= 11 is 0. The predicted octanol–water partition coefficient (Wildman–Crippen LogP) is 3.54. The Morgan fingerprint density at radius 1 is 1.07 bits per heavy atom. The maximum Gasteiger partial charge on any atom is 0.305 e. The Balaban J connectivity index is 1.58. The average molecular weight is 423 g/mol. The van der Waals surface area contributed by atoms with E-state index < -0.39 is 0 Å². The zero-order valence-electron chi connectivity index (χ0n) is 19.2. The number of fused-ring (bicyclic) bond motifs is 5. The minimum Gasteiger partial charge on any atom is -0.469 e. The Morgan fingerprint density at radius 2 is 1.80 bits per heavy atom. The van der Waals surface area contributed by atoms with E-state index in [2.05, 4.69) is 20.8 Å². The van der Waals surface area contributed by atoms with E-state index in [1.807, 2.05) is 0 Å². The molecule has 4 rings (SSSR count). The second kappa shape index (κ2) is 8.04. The van der Waals surface area contributed by atoms with E-state index in [1.54, 1.807) is 0 Å². The number of hydrogen-bond acceptors (Lipinski definition) is 5. The van der Waals surface area contributed by atoms with Gasteiger partial charge in [0.25, 0.3) is 0 Å². The summed E-state index contributed by atoms with van der Waals surface area (Å²) < 4.78 is 4.83. The van der Waals surface area contributed by atoms with Crippen LogP contribution in [0.15, 0.2) is 0 Å². The van der Waals surface area contributed by atoms with Crippen molar-refractivity contribution in [2.45, 2.75) is 96.9 Å². The molecule has 172 valence electrons. The fourth-order valence-electron chi connectivity index (χ4n) is 8.78. The molecule has 0 saturated heterocycles. The summed E-state index contributed by atoms with van der Waals surface area (Å²) in [5, 5.41) is 33.1. The SMILES string of the molecule is COC(=O)CC[C@H](C)[C@@H]1CC[C@@H]2[C@H]3[C@H](O)C[C@@H]4C[C@H](O)CC[C@@]4(C)[C@H]3C[C@H](O)[C@@]21C. The van der Waals surface area contributed by atoms with Crippen molar-refractivity contribution < 1.29 is 24.9 Å². The monoisotopic (exact) mass is 422 g/mol. The van der Waals surface area contributed by atoms with Crippen LogP contribution in [0.25, 0.3) is 0 Å². The van der Waals surface area contributed by atoms with Crippen LogP contribution >= 0.6 is 0 Å². The van der Waals surface area contributed by atoms with Gasteiger partial charge >= 0.3 is 5.97 Å². The lowest BCUT2D eigenvalue weighted by atomic mass is 9.43. The quantitative estimate of drug-likeness (QED) is 0.603. The van der Waals surface area contributed by atoms with Gasteiger partial charge in [-0.1, -0.05) is 20.8 Å². The molecule has 0 aromatic heterocycles. The van der Waals surface area contributed by atoms with Crippen molar-refractivity contribution in [2.75, 3.05) is 7.11 Å². The lowest BCUT2D eigenvalue weighted by Crippen LogP contribution is -2.62. The fourth-order valence-corrected chi connectivity index (χ4v) is 8.78. The number of rotatable bonds is 4. The van der Waals surface area contributed by atoms with Crippen LogP contribution in [0.2, 0.25) is 0 Å². The van der Waals surface area contributed by atoms with E-state index in [0.29, 0.717) is 36.0 Å². The molecule has 4 aliphatic rings. The van der Waals surface area contributed by atoms with Crippen LogP contribution in [0.4, 0.5) is 0 Å². The van der Waals surface area contributed by atoms with E-state index in [-0.39, 0.29) is 41.0 Å². The molecule has 3 N–H and O–H groups in total. The van der Waals surface area contributed by atoms with Gasteiger partial charge in [-0.2, -0.15) is 0 Å². The van der Waals surface area contributed by atoms with Crippen molar-refractivity contribution in [2.24, 2.45) is 46.3 Å². The number of hydrogen-bond donors (Lipinski definition) is 3. The molecule has 30 heavy (non-hydrogen) atoms. The fraction of sp³-hybridized carbons (Fsp3) is 0.960. The van der Waals surface area contributed by atoms with Gasteiger partial charge in [0, 0.05) is 6.42 Å². The van der Waals surface area contributed by atoms with Crippen molar-refractivity contribution in [1.82, 2.24) is 0 Å². The molecule has 5 nitrogen and oxygen atoms in total. The van der Waals surface area contributed by atoms with Crippen LogP contribution in [0.5, 0.6) is 0 Å². The third-order valence-corrected chi connectivity index (χ3v) is 10.6. The van der Waals surface area contributed by atoms with Gasteiger partial charge < -0.3 is 20.1 Å². The highest BCUT2D eigenvalue weighted by molar-refractivity contribution is 5.69. The van der Waals surface area contributed by atoms with Gasteiger partial charge in [0.2, 0.25) is 0 Å². The highest BCUT2D eigenvalue weighted by atomic mass is 16.5. The molecule has 0 aromatic carbocycles. The molecular formula is C25H42O5. The molecule has 0 heterocycles. The summed E-state index contributed by atoms with van der Waals surface area (Å²) in [5.74, 6) is 1.81. The van der Waals surface area contributed by atoms with E-state index in [1.165, 1.54) is 7.11 Å². The highest BCUT2D eigenvalue weighted by Crippen LogP contribution is 2.68. The molecule has 0 unspecified atom stereocenters. The smallest absolute Gasteiger partial charge is 0.305 e. The molecule has 5 heteroatoms. The van der Waals surface area contributed by atoms with Crippen LogP contribution in [0.1, 0.15) is 78.6 Å². The lowest BCUT2D eigenvalue weighted by Gasteiger charge is -2.63. The average Bonchev–Trinajstić information content (AvgIpc) is 3.06. The molecule has 4 aliphatic carbocycles. The number of esters is 1. The first-order valence-corrected chi connectivity index (χ1v) is 12.2. The van der Waals surface area contributed by atoms with Crippen molar-refractivity contribution in [1.29, 1.82) is 0 Å². The molecule has 0 bridgehead atoms. The minimum absolute atomic E-state index is 0.111. The maximum absolute atomic E-state index is 11.7. The first-order valence-electron chi connectivity index (χ1n) is 12.2. The number of methoxy groups -OCH3 is 1. The van der Waals surface area contributed by atoms with Gasteiger partial charge in [0.15, 0.2) is 0 Å². The molecule has 4 fully saturated rings. The van der Waals surface area contributed by atoms with Crippen molar-refractivity contribution in [3.8, 4) is 0 Å². The molecule has 0 amide bonds. The second-order valence-corrected chi connectivity index (χ2v) is 11.6. The molecular weight excluding hydrogens is 380 g/mol. The summed E-state index contributed by atoms with van der Waals surface area (Å²) in [6, 6.07) is 0. The van der Waals surface area contributed by atoms with Gasteiger partial charge in [-0.05, 0) is 97.7 Å². The number of aliphatic hydroxyl groups excluding tert-OH is 3. The summed E-state index contributed by atoms with van der Waals surface area (Å²) in [4.78, 5) is 11.7. The topological polar surface area (TPSA) is 87.0 Å². The first kappa shape index (κ1) is 22.5. The largest absolute Gasteiger partial charge is 0.469 e. The zero-order valence-corrected chi connectivity index (χ0v) is 19.2. The van der Waals surface area contributed by atoms with Gasteiger partial charge in [-0.3, -0.25) is 4.79 Å². The number of carbonyl (C=O) groups is 1. The highest BCUT2D eigenvalue weighted by Gasteiger charge is 2.65. The van der Waals surface area contributed by atoms with Crippen molar-refractivity contribution in [3.05, 3.63) is 0 Å². The maximum atomic E-state index is 11.7. The van der Waals surface area contributed by atoms with E-state index in [9.17, 15) is 20.1 Å². The Labute approximate surface area is 181 Å². The molecule has 0 radical (unpaired) electrons. The van der Waals surface area contributed by atoms with Crippen LogP contribution in [0.3, 0.4) is 0 Å². The van der Waals surface area contributed by atoms with Crippen LogP contribution in [0, 0.1) is 46.3 Å². The number of ether oxygens (including phenoxy) is 1. The van der Waals surface area contributed by atoms with E-state index in [4.69, 9.17) is 4.74 Å². The summed E-state index contributed by atoms with van der Waals surface area (Å²) in [5.41, 5.74) is -0.0882. The molecule has 0 spiro atoms. The molecule has 0 aliphatic heterocycles. The first-order chi connectivity index (χ1) is 14.1. The van der Waals surface area contributed by atoms with E-state index in [0.717, 1.165) is 51.4 Å². The van der Waals surface area contributed by atoms with Crippen LogP contribution in [-0.2, 0) is 9.53 Å². The third-order valence-electron chi connectivity index (χ3n) is 10.6.